The molecule has 160 valence electrons. The van der Waals surface area contributed by atoms with Gasteiger partial charge in [0.05, 0.1) is 6.42 Å². The van der Waals surface area contributed by atoms with Gasteiger partial charge in [-0.1, -0.05) is 6.07 Å². The maximum atomic E-state index is 13.5. The van der Waals surface area contributed by atoms with Crippen LogP contribution >= 0.6 is 11.3 Å². The summed E-state index contributed by atoms with van der Waals surface area (Å²) >= 11 is 1.55. The van der Waals surface area contributed by atoms with Crippen LogP contribution in [0.1, 0.15) is 24.1 Å². The van der Waals surface area contributed by atoms with Gasteiger partial charge >= 0.3 is 0 Å². The maximum absolute atomic E-state index is 13.5. The topological polar surface area (TPSA) is 52.7 Å². The molecule has 0 radical (unpaired) electrons. The van der Waals surface area contributed by atoms with E-state index in [1.807, 2.05) is 22.4 Å². The summed E-state index contributed by atoms with van der Waals surface area (Å²) in [4.78, 5) is 30.1. The number of hydrogen-bond acceptors (Lipinski definition) is 4. The summed E-state index contributed by atoms with van der Waals surface area (Å²) in [5, 5.41) is 4.96. The van der Waals surface area contributed by atoms with Gasteiger partial charge in [0, 0.05) is 42.8 Å². The van der Waals surface area contributed by atoms with Gasteiger partial charge < -0.3 is 15.1 Å². The standard InChI is InChI=1S/C22H25F2N3O2S/c23-18-6-5-16(11-19(18)24)26-9-7-15(14-26)13-25-22(29)20-4-1-8-27(20)21(28)12-17-3-2-10-30-17/h2-3,5-6,10-11,15,20H,1,4,7-9,12-14H2,(H,25,29). The van der Waals surface area contributed by atoms with E-state index in [4.69, 9.17) is 0 Å². The number of amides is 2. The molecule has 4 rings (SSSR count). The molecular formula is C22H25F2N3O2S. The van der Waals surface area contributed by atoms with E-state index in [0.29, 0.717) is 38.2 Å². The zero-order valence-electron chi connectivity index (χ0n) is 16.7. The van der Waals surface area contributed by atoms with Crippen molar-refractivity contribution in [3.8, 4) is 0 Å². The average Bonchev–Trinajstić information content (AvgIpc) is 3.49. The van der Waals surface area contributed by atoms with E-state index in [9.17, 15) is 18.4 Å². The molecule has 1 N–H and O–H groups in total. The highest BCUT2D eigenvalue weighted by molar-refractivity contribution is 7.10. The number of carbonyl (C=O) groups excluding carboxylic acids is 2. The summed E-state index contributed by atoms with van der Waals surface area (Å²) < 4.78 is 26.6. The number of thiophene rings is 1. The van der Waals surface area contributed by atoms with Gasteiger partial charge in [0.1, 0.15) is 6.04 Å². The quantitative estimate of drug-likeness (QED) is 0.761. The molecule has 2 amide bonds. The number of benzene rings is 1. The van der Waals surface area contributed by atoms with Crippen LogP contribution in [0.4, 0.5) is 14.5 Å². The molecule has 30 heavy (non-hydrogen) atoms. The second-order valence-corrected chi connectivity index (χ2v) is 8.98. The average molecular weight is 434 g/mol. The highest BCUT2D eigenvalue weighted by Gasteiger charge is 2.34. The highest BCUT2D eigenvalue weighted by atomic mass is 32.1. The molecule has 8 heteroatoms. The van der Waals surface area contributed by atoms with Crippen molar-refractivity contribution in [2.24, 2.45) is 5.92 Å². The molecule has 1 aromatic carbocycles. The van der Waals surface area contributed by atoms with Crippen LogP contribution in [0.2, 0.25) is 0 Å². The number of carbonyl (C=O) groups is 2. The van der Waals surface area contributed by atoms with E-state index in [0.717, 1.165) is 30.3 Å². The van der Waals surface area contributed by atoms with Crippen LogP contribution in [0.3, 0.4) is 0 Å². The minimum absolute atomic E-state index is 0.000443. The molecule has 2 aliphatic rings. The number of hydrogen-bond donors (Lipinski definition) is 1. The van der Waals surface area contributed by atoms with Crippen LogP contribution in [-0.2, 0) is 16.0 Å². The Morgan fingerprint density at radius 1 is 1.13 bits per heavy atom. The van der Waals surface area contributed by atoms with E-state index < -0.39 is 17.7 Å². The van der Waals surface area contributed by atoms with Crippen LogP contribution in [0.5, 0.6) is 0 Å². The van der Waals surface area contributed by atoms with E-state index in [-0.39, 0.29) is 17.7 Å². The zero-order chi connectivity index (χ0) is 21.1. The van der Waals surface area contributed by atoms with Gasteiger partial charge in [-0.2, -0.15) is 0 Å². The minimum Gasteiger partial charge on any atom is -0.371 e. The SMILES string of the molecule is O=C(NCC1CCN(c2ccc(F)c(F)c2)C1)C1CCCN1C(=O)Cc1cccs1. The number of nitrogens with zero attached hydrogens (tertiary/aromatic N) is 2. The molecule has 2 saturated heterocycles. The van der Waals surface area contributed by atoms with Crippen molar-refractivity contribution in [3.63, 3.8) is 0 Å². The zero-order valence-corrected chi connectivity index (χ0v) is 17.5. The largest absolute Gasteiger partial charge is 0.371 e. The third kappa shape index (κ3) is 4.64. The van der Waals surface area contributed by atoms with Crippen molar-refractivity contribution in [2.45, 2.75) is 31.7 Å². The van der Waals surface area contributed by atoms with E-state index in [1.165, 1.54) is 6.07 Å². The highest BCUT2D eigenvalue weighted by Crippen LogP contribution is 2.25. The van der Waals surface area contributed by atoms with E-state index in [2.05, 4.69) is 5.32 Å². The molecule has 2 aliphatic heterocycles. The molecule has 2 fully saturated rings. The summed E-state index contributed by atoms with van der Waals surface area (Å²) in [7, 11) is 0. The number of rotatable bonds is 6. The molecule has 0 saturated carbocycles. The summed E-state index contributed by atoms with van der Waals surface area (Å²) in [6.07, 6.45) is 2.73. The number of nitrogens with one attached hydrogen (secondary N) is 1. The Morgan fingerprint density at radius 3 is 2.77 bits per heavy atom. The van der Waals surface area contributed by atoms with Crippen LogP contribution in [-0.4, -0.2) is 48.9 Å². The molecule has 0 aliphatic carbocycles. The fraction of sp³-hybridized carbons (Fsp3) is 0.455. The van der Waals surface area contributed by atoms with Gasteiger partial charge in [0.25, 0.3) is 0 Å². The predicted molar refractivity (Wildman–Crippen MR) is 112 cm³/mol. The lowest BCUT2D eigenvalue weighted by molar-refractivity contribution is -0.138. The lowest BCUT2D eigenvalue weighted by Gasteiger charge is -2.24. The second-order valence-electron chi connectivity index (χ2n) is 7.95. The molecule has 0 spiro atoms. The summed E-state index contributed by atoms with van der Waals surface area (Å²) in [5.74, 6) is -1.56. The Hall–Kier alpha value is -2.48. The molecule has 0 bridgehead atoms. The number of halogens is 2. The number of likely N-dealkylation sites (tertiary alicyclic amines) is 1. The smallest absolute Gasteiger partial charge is 0.242 e. The molecule has 3 heterocycles. The first-order chi connectivity index (χ1) is 14.5. The normalized spacial score (nSPS) is 21.3. The van der Waals surface area contributed by atoms with Crippen molar-refractivity contribution in [1.29, 1.82) is 0 Å². The molecular weight excluding hydrogens is 408 g/mol. The Morgan fingerprint density at radius 2 is 2.00 bits per heavy atom. The van der Waals surface area contributed by atoms with Gasteiger partial charge in [-0.15, -0.1) is 11.3 Å². The first kappa shape index (κ1) is 20.8. The molecule has 2 unspecified atom stereocenters. The first-order valence-electron chi connectivity index (χ1n) is 10.3. The minimum atomic E-state index is -0.850. The lowest BCUT2D eigenvalue weighted by Crippen LogP contribution is -2.47. The first-order valence-corrected chi connectivity index (χ1v) is 11.2. The lowest BCUT2D eigenvalue weighted by atomic mass is 10.1. The van der Waals surface area contributed by atoms with Crippen LogP contribution < -0.4 is 10.2 Å². The molecule has 5 nitrogen and oxygen atoms in total. The van der Waals surface area contributed by atoms with Gasteiger partial charge in [-0.25, -0.2) is 8.78 Å². The monoisotopic (exact) mass is 433 g/mol. The maximum Gasteiger partial charge on any atom is 0.242 e. The fourth-order valence-corrected chi connectivity index (χ4v) is 4.98. The van der Waals surface area contributed by atoms with Gasteiger partial charge in [0.15, 0.2) is 11.6 Å². The molecule has 1 aromatic heterocycles. The van der Waals surface area contributed by atoms with E-state index >= 15 is 0 Å². The summed E-state index contributed by atoms with van der Waals surface area (Å²) in [6, 6.07) is 7.39. The molecule has 2 aromatic rings. The van der Waals surface area contributed by atoms with Crippen molar-refractivity contribution < 1.29 is 18.4 Å². The van der Waals surface area contributed by atoms with Gasteiger partial charge in [0.2, 0.25) is 11.8 Å². The van der Waals surface area contributed by atoms with Crippen molar-refractivity contribution in [1.82, 2.24) is 10.2 Å². The van der Waals surface area contributed by atoms with Gasteiger partial charge in [-0.05, 0) is 48.8 Å². The predicted octanol–water partition coefficient (Wildman–Crippen LogP) is 3.20. The Balaban J connectivity index is 1.28. The Kier molecular flexibility index (Phi) is 6.32. The Labute approximate surface area is 178 Å². The Bertz CT molecular complexity index is 906. The second kappa shape index (κ2) is 9.12. The van der Waals surface area contributed by atoms with Crippen molar-refractivity contribution >= 4 is 28.8 Å². The van der Waals surface area contributed by atoms with Crippen LogP contribution in [0.25, 0.3) is 0 Å². The summed E-state index contributed by atoms with van der Waals surface area (Å²) in [6.45, 7) is 2.55. The number of anilines is 1. The molecule has 2 atom stereocenters. The van der Waals surface area contributed by atoms with Gasteiger partial charge in [-0.3, -0.25) is 9.59 Å². The summed E-state index contributed by atoms with van der Waals surface area (Å²) in [5.41, 5.74) is 0.656. The van der Waals surface area contributed by atoms with Crippen molar-refractivity contribution in [2.75, 3.05) is 31.1 Å². The van der Waals surface area contributed by atoms with E-state index in [1.54, 1.807) is 22.3 Å². The van der Waals surface area contributed by atoms with Crippen molar-refractivity contribution in [3.05, 3.63) is 52.2 Å². The van der Waals surface area contributed by atoms with Crippen LogP contribution in [0, 0.1) is 17.6 Å². The fourth-order valence-electron chi connectivity index (χ4n) is 4.28. The third-order valence-corrected chi connectivity index (χ3v) is 6.78. The third-order valence-electron chi connectivity index (χ3n) is 5.90. The van der Waals surface area contributed by atoms with Crippen LogP contribution in [0.15, 0.2) is 35.7 Å².